The van der Waals surface area contributed by atoms with Crippen LogP contribution >= 0.6 is 0 Å². The molecule has 0 aromatic heterocycles. The van der Waals surface area contributed by atoms with Crippen molar-refractivity contribution < 1.29 is 0 Å². The molecule has 3 rings (SSSR count). The molecule has 1 radical (unpaired) electrons. The Hall–Kier alpha value is -0.520. The van der Waals surface area contributed by atoms with E-state index in [1.54, 1.807) is 5.57 Å². The molecule has 0 heteroatoms. The average Bonchev–Trinajstić information content (AvgIpc) is 2.80. The lowest BCUT2D eigenvalue weighted by Crippen LogP contribution is -2.14. The average molecular weight is 173 g/mol. The Morgan fingerprint density at radius 1 is 1.15 bits per heavy atom. The molecule has 3 unspecified atom stereocenters. The Kier molecular flexibility index (Phi) is 1.81. The van der Waals surface area contributed by atoms with Gasteiger partial charge in [0.2, 0.25) is 0 Å². The van der Waals surface area contributed by atoms with Crippen molar-refractivity contribution in [2.24, 2.45) is 17.8 Å². The molecule has 0 saturated heterocycles. The molecule has 0 aromatic rings. The van der Waals surface area contributed by atoms with Crippen LogP contribution < -0.4 is 0 Å². The minimum Gasteiger partial charge on any atom is -0.0839 e. The molecule has 0 nitrogen and oxygen atoms in total. The minimum atomic E-state index is 0.934. The largest absolute Gasteiger partial charge is 0.0839 e. The molecule has 0 aromatic carbocycles. The Morgan fingerprint density at radius 3 is 2.77 bits per heavy atom. The molecule has 69 valence electrons. The number of allylic oxidation sites excluding steroid dienone is 4. The summed E-state index contributed by atoms with van der Waals surface area (Å²) in [7, 11) is 0. The van der Waals surface area contributed by atoms with Crippen molar-refractivity contribution in [3.05, 3.63) is 30.2 Å². The first-order valence-corrected chi connectivity index (χ1v) is 5.63. The van der Waals surface area contributed by atoms with Crippen molar-refractivity contribution in [1.29, 1.82) is 0 Å². The topological polar surface area (TPSA) is 0 Å². The molecular weight excluding hydrogens is 156 g/mol. The van der Waals surface area contributed by atoms with E-state index in [-0.39, 0.29) is 0 Å². The van der Waals surface area contributed by atoms with Gasteiger partial charge in [-0.1, -0.05) is 30.2 Å². The summed E-state index contributed by atoms with van der Waals surface area (Å²) in [6, 6.07) is 0. The van der Waals surface area contributed by atoms with Gasteiger partial charge in [0.15, 0.2) is 0 Å². The third kappa shape index (κ3) is 1.27. The minimum absolute atomic E-state index is 0.934. The quantitative estimate of drug-likeness (QED) is 0.569. The fourth-order valence-corrected chi connectivity index (χ4v) is 3.46. The lowest BCUT2D eigenvalue weighted by molar-refractivity contribution is 0.379. The van der Waals surface area contributed by atoms with Crippen molar-refractivity contribution in [3.8, 4) is 0 Å². The normalized spacial score (nSPS) is 42.5. The van der Waals surface area contributed by atoms with E-state index in [0.717, 1.165) is 17.8 Å². The van der Waals surface area contributed by atoms with E-state index in [2.05, 4.69) is 24.6 Å². The Morgan fingerprint density at radius 2 is 2.15 bits per heavy atom. The number of rotatable bonds is 1. The van der Waals surface area contributed by atoms with Crippen LogP contribution in [0.2, 0.25) is 0 Å². The van der Waals surface area contributed by atoms with E-state index >= 15 is 0 Å². The molecule has 3 aliphatic rings. The third-order valence-electron chi connectivity index (χ3n) is 4.08. The second kappa shape index (κ2) is 3.01. The summed E-state index contributed by atoms with van der Waals surface area (Å²) in [5.74, 6) is 3.05. The van der Waals surface area contributed by atoms with Gasteiger partial charge in [0.1, 0.15) is 0 Å². The van der Waals surface area contributed by atoms with E-state index in [0.29, 0.717) is 0 Å². The maximum Gasteiger partial charge on any atom is -0.00937 e. The van der Waals surface area contributed by atoms with E-state index < -0.39 is 0 Å². The van der Waals surface area contributed by atoms with Crippen LogP contribution in [0, 0.1) is 24.2 Å². The zero-order chi connectivity index (χ0) is 8.67. The molecule has 2 bridgehead atoms. The van der Waals surface area contributed by atoms with Gasteiger partial charge in [0.05, 0.1) is 0 Å². The molecule has 3 aliphatic carbocycles. The Labute approximate surface area is 80.7 Å². The molecule has 0 amide bonds. The zero-order valence-corrected chi connectivity index (χ0v) is 8.08. The summed E-state index contributed by atoms with van der Waals surface area (Å²) in [6.07, 6.45) is 16.5. The van der Waals surface area contributed by atoms with Crippen LogP contribution in [0.3, 0.4) is 0 Å². The summed E-state index contributed by atoms with van der Waals surface area (Å²) in [5.41, 5.74) is 1.65. The highest BCUT2D eigenvalue weighted by molar-refractivity contribution is 5.30. The first-order chi connectivity index (χ1) is 6.43. The van der Waals surface area contributed by atoms with E-state index in [4.69, 9.17) is 0 Å². The van der Waals surface area contributed by atoms with Gasteiger partial charge in [-0.25, -0.2) is 0 Å². The molecule has 2 fully saturated rings. The van der Waals surface area contributed by atoms with Gasteiger partial charge >= 0.3 is 0 Å². The van der Waals surface area contributed by atoms with Crippen LogP contribution in [0.15, 0.2) is 23.8 Å². The summed E-state index contributed by atoms with van der Waals surface area (Å²) in [6.45, 7) is 0. The Bertz CT molecular complexity index is 259. The van der Waals surface area contributed by atoms with Gasteiger partial charge < -0.3 is 0 Å². The Balaban J connectivity index is 1.79. The van der Waals surface area contributed by atoms with Crippen molar-refractivity contribution in [2.75, 3.05) is 0 Å². The van der Waals surface area contributed by atoms with Crippen LogP contribution in [0.4, 0.5) is 0 Å². The van der Waals surface area contributed by atoms with Gasteiger partial charge in [0.25, 0.3) is 0 Å². The highest BCUT2D eigenvalue weighted by Gasteiger charge is 2.40. The van der Waals surface area contributed by atoms with E-state index in [1.807, 2.05) is 0 Å². The molecule has 0 aliphatic heterocycles. The van der Waals surface area contributed by atoms with Gasteiger partial charge in [0, 0.05) is 0 Å². The van der Waals surface area contributed by atoms with Crippen molar-refractivity contribution in [2.45, 2.75) is 32.1 Å². The first kappa shape index (κ1) is 7.84. The molecular formula is C13H17. The van der Waals surface area contributed by atoms with Gasteiger partial charge in [-0.15, -0.1) is 0 Å². The fraction of sp³-hybridized carbons (Fsp3) is 0.615. The predicted octanol–water partition coefficient (Wildman–Crippen LogP) is 3.51. The molecule has 0 spiro atoms. The maximum atomic E-state index is 2.44. The molecule has 0 N–H and O–H groups in total. The van der Waals surface area contributed by atoms with Crippen molar-refractivity contribution in [1.82, 2.24) is 0 Å². The summed E-state index contributed by atoms with van der Waals surface area (Å²) < 4.78 is 0. The monoisotopic (exact) mass is 173 g/mol. The molecule has 2 saturated carbocycles. The predicted molar refractivity (Wildman–Crippen MR) is 55.1 cm³/mol. The van der Waals surface area contributed by atoms with Crippen molar-refractivity contribution >= 4 is 0 Å². The summed E-state index contributed by atoms with van der Waals surface area (Å²) in [5, 5.41) is 0. The first-order valence-electron chi connectivity index (χ1n) is 5.63. The molecule has 13 heavy (non-hydrogen) atoms. The standard InChI is InChI=1S/C13H17/c1-2-4-11(5-3-1)13-9-10-6-7-12(13)8-10/h1-2,4-5,10,12-13H,3,6-9H2. The molecule has 3 atom stereocenters. The van der Waals surface area contributed by atoms with Crippen LogP contribution in [-0.4, -0.2) is 0 Å². The van der Waals surface area contributed by atoms with Gasteiger partial charge in [-0.3, -0.25) is 0 Å². The summed E-state index contributed by atoms with van der Waals surface area (Å²) >= 11 is 0. The molecule has 0 heterocycles. The summed E-state index contributed by atoms with van der Waals surface area (Å²) in [4.78, 5) is 0. The smallest absolute Gasteiger partial charge is 0.00937 e. The number of fused-ring (bicyclic) bond motifs is 2. The van der Waals surface area contributed by atoms with Crippen LogP contribution in [0.1, 0.15) is 32.1 Å². The zero-order valence-electron chi connectivity index (χ0n) is 8.08. The third-order valence-corrected chi connectivity index (χ3v) is 4.08. The van der Waals surface area contributed by atoms with Crippen LogP contribution in [0.25, 0.3) is 0 Å². The second-order valence-electron chi connectivity index (χ2n) is 4.82. The van der Waals surface area contributed by atoms with Crippen molar-refractivity contribution in [3.63, 3.8) is 0 Å². The number of hydrogen-bond acceptors (Lipinski definition) is 0. The highest BCUT2D eigenvalue weighted by atomic mass is 14.5. The van der Waals surface area contributed by atoms with Gasteiger partial charge in [-0.05, 0) is 49.9 Å². The van der Waals surface area contributed by atoms with E-state index in [9.17, 15) is 0 Å². The number of hydrogen-bond donors (Lipinski definition) is 0. The van der Waals surface area contributed by atoms with Crippen LogP contribution in [-0.2, 0) is 0 Å². The van der Waals surface area contributed by atoms with Crippen LogP contribution in [0.5, 0.6) is 0 Å². The second-order valence-corrected chi connectivity index (χ2v) is 4.82. The highest BCUT2D eigenvalue weighted by Crippen LogP contribution is 2.51. The van der Waals surface area contributed by atoms with Gasteiger partial charge in [-0.2, -0.15) is 0 Å². The fourth-order valence-electron chi connectivity index (χ4n) is 3.46. The lowest BCUT2D eigenvalue weighted by Gasteiger charge is -2.25. The maximum absolute atomic E-state index is 2.44. The SMILES string of the molecule is [CH]1CC=CC=C1C1CC2CCC1C2. The lowest BCUT2D eigenvalue weighted by atomic mass is 9.80. The van der Waals surface area contributed by atoms with E-state index in [1.165, 1.54) is 32.1 Å².